The summed E-state index contributed by atoms with van der Waals surface area (Å²) in [6.45, 7) is 8.37. The lowest BCUT2D eigenvalue weighted by atomic mass is 10.0. The Balaban J connectivity index is 1.10. The van der Waals surface area contributed by atoms with E-state index in [1.807, 2.05) is 61.5 Å². The lowest BCUT2D eigenvalue weighted by Gasteiger charge is -2.44. The number of benzene rings is 3. The van der Waals surface area contributed by atoms with Crippen molar-refractivity contribution >= 4 is 17.3 Å². The molecular weight excluding hydrogens is 460 g/mol. The maximum absolute atomic E-state index is 12.7. The maximum Gasteiger partial charge on any atom is 0.251 e. The van der Waals surface area contributed by atoms with E-state index >= 15 is 0 Å². The molecule has 6 nitrogen and oxygen atoms in total. The largest absolute Gasteiger partial charge is 0.495 e. The highest BCUT2D eigenvalue weighted by molar-refractivity contribution is 5.94. The van der Waals surface area contributed by atoms with Gasteiger partial charge in [0.15, 0.2) is 0 Å². The van der Waals surface area contributed by atoms with Crippen molar-refractivity contribution in [3.8, 4) is 5.75 Å². The number of hydrogen-bond acceptors (Lipinski definition) is 5. The summed E-state index contributed by atoms with van der Waals surface area (Å²) in [5, 5.41) is 3.10. The zero-order valence-corrected chi connectivity index (χ0v) is 22.0. The second-order valence-corrected chi connectivity index (χ2v) is 10.1. The number of carbonyl (C=O) groups is 1. The minimum absolute atomic E-state index is 0.0241. The van der Waals surface area contributed by atoms with Crippen LogP contribution in [-0.4, -0.2) is 63.2 Å². The van der Waals surface area contributed by atoms with Crippen molar-refractivity contribution in [2.24, 2.45) is 0 Å². The molecule has 37 heavy (non-hydrogen) atoms. The Hall–Kier alpha value is -3.51. The van der Waals surface area contributed by atoms with Gasteiger partial charge in [0.25, 0.3) is 5.91 Å². The van der Waals surface area contributed by atoms with E-state index in [4.69, 9.17) is 4.74 Å². The number of ether oxygens (including phenoxy) is 1. The van der Waals surface area contributed by atoms with Gasteiger partial charge in [-0.15, -0.1) is 0 Å². The van der Waals surface area contributed by atoms with Gasteiger partial charge in [0.05, 0.1) is 18.8 Å². The zero-order chi connectivity index (χ0) is 25.6. The van der Waals surface area contributed by atoms with Crippen LogP contribution in [0.4, 0.5) is 11.4 Å². The minimum Gasteiger partial charge on any atom is -0.495 e. The number of piperazine rings is 1. The summed E-state index contributed by atoms with van der Waals surface area (Å²) < 4.78 is 5.57. The first-order chi connectivity index (χ1) is 18.1. The van der Waals surface area contributed by atoms with Gasteiger partial charge >= 0.3 is 0 Å². The van der Waals surface area contributed by atoms with E-state index in [1.54, 1.807) is 7.11 Å². The first-order valence-corrected chi connectivity index (χ1v) is 13.4. The molecule has 0 radical (unpaired) electrons. The molecule has 5 rings (SSSR count). The van der Waals surface area contributed by atoms with E-state index in [2.05, 4.69) is 44.3 Å². The Bertz CT molecular complexity index is 1150. The third-order valence-electron chi connectivity index (χ3n) is 7.86. The van der Waals surface area contributed by atoms with Crippen LogP contribution in [0.5, 0.6) is 5.75 Å². The van der Waals surface area contributed by atoms with Crippen LogP contribution < -0.4 is 19.9 Å². The van der Waals surface area contributed by atoms with Crippen LogP contribution in [0.25, 0.3) is 0 Å². The van der Waals surface area contributed by atoms with E-state index in [0.717, 1.165) is 50.6 Å². The number of nitrogens with zero attached hydrogens (tertiary/aromatic N) is 3. The van der Waals surface area contributed by atoms with Crippen molar-refractivity contribution in [3.63, 3.8) is 0 Å². The fourth-order valence-corrected chi connectivity index (χ4v) is 5.64. The number of piperidine rings is 1. The number of nitrogens with one attached hydrogen (secondary N) is 1. The van der Waals surface area contributed by atoms with Gasteiger partial charge < -0.3 is 19.9 Å². The Morgan fingerprint density at radius 3 is 2.14 bits per heavy atom. The van der Waals surface area contributed by atoms with Gasteiger partial charge in [-0.25, -0.2) is 0 Å². The first-order valence-electron chi connectivity index (χ1n) is 13.4. The molecule has 0 aromatic heterocycles. The zero-order valence-electron chi connectivity index (χ0n) is 22.0. The molecule has 3 aromatic rings. The highest BCUT2D eigenvalue weighted by Gasteiger charge is 2.28. The quantitative estimate of drug-likeness (QED) is 0.498. The summed E-state index contributed by atoms with van der Waals surface area (Å²) in [5.41, 5.74) is 4.21. The second kappa shape index (κ2) is 11.7. The Labute approximate surface area is 220 Å². The highest BCUT2D eigenvalue weighted by atomic mass is 16.5. The number of carbonyl (C=O) groups excluding carboxylic acids is 1. The Morgan fingerprint density at radius 1 is 0.811 bits per heavy atom. The molecule has 0 saturated carbocycles. The molecule has 2 heterocycles. The topological polar surface area (TPSA) is 48.1 Å². The summed E-state index contributed by atoms with van der Waals surface area (Å²) in [6.07, 6.45) is 2.34. The first kappa shape index (κ1) is 25.2. The molecular formula is C31H38N4O2. The van der Waals surface area contributed by atoms with Crippen LogP contribution in [-0.2, 0) is 0 Å². The molecule has 194 valence electrons. The summed E-state index contributed by atoms with van der Waals surface area (Å²) >= 11 is 0. The van der Waals surface area contributed by atoms with Gasteiger partial charge in [-0.3, -0.25) is 9.69 Å². The van der Waals surface area contributed by atoms with Gasteiger partial charge in [0.1, 0.15) is 5.75 Å². The summed E-state index contributed by atoms with van der Waals surface area (Å²) in [5.74, 6) is 0.923. The number of para-hydroxylation sites is 2. The molecule has 2 aliphatic heterocycles. The number of rotatable bonds is 7. The average Bonchev–Trinajstić information content (AvgIpc) is 2.98. The van der Waals surface area contributed by atoms with Crippen molar-refractivity contribution in [2.75, 3.05) is 56.2 Å². The number of amides is 1. The molecule has 2 fully saturated rings. The molecule has 3 aromatic carbocycles. The molecule has 1 amide bonds. The van der Waals surface area contributed by atoms with Gasteiger partial charge in [-0.1, -0.05) is 42.5 Å². The molecule has 0 unspecified atom stereocenters. The molecule has 0 aliphatic carbocycles. The Kier molecular flexibility index (Phi) is 7.95. The number of anilines is 2. The normalized spacial score (nSPS) is 17.9. The van der Waals surface area contributed by atoms with E-state index in [1.165, 1.54) is 24.2 Å². The SMILES string of the molecule is COc1ccccc1N1CCN(C2CCN(c3ccc(C(=O)N[C@@H](C)c4ccccc4)cc3)CC2)CC1. The predicted molar refractivity (Wildman–Crippen MR) is 151 cm³/mol. The minimum atomic E-state index is -0.0334. The van der Waals surface area contributed by atoms with Gasteiger partial charge in [-0.05, 0) is 61.7 Å². The average molecular weight is 499 g/mol. The fraction of sp³-hybridized carbons (Fsp3) is 0.387. The number of hydrogen-bond donors (Lipinski definition) is 1. The van der Waals surface area contributed by atoms with Crippen molar-refractivity contribution in [1.29, 1.82) is 0 Å². The van der Waals surface area contributed by atoms with Crippen LogP contribution in [0, 0.1) is 0 Å². The summed E-state index contributed by atoms with van der Waals surface area (Å²) in [4.78, 5) is 20.3. The van der Waals surface area contributed by atoms with Crippen molar-refractivity contribution < 1.29 is 9.53 Å². The lowest BCUT2D eigenvalue weighted by Crippen LogP contribution is -2.53. The predicted octanol–water partition coefficient (Wildman–Crippen LogP) is 4.98. The molecule has 2 saturated heterocycles. The third-order valence-corrected chi connectivity index (χ3v) is 7.86. The maximum atomic E-state index is 12.7. The van der Waals surface area contributed by atoms with Crippen molar-refractivity contribution in [1.82, 2.24) is 10.2 Å². The van der Waals surface area contributed by atoms with E-state index < -0.39 is 0 Å². The smallest absolute Gasteiger partial charge is 0.251 e. The van der Waals surface area contributed by atoms with E-state index in [0.29, 0.717) is 11.6 Å². The monoisotopic (exact) mass is 498 g/mol. The van der Waals surface area contributed by atoms with Crippen molar-refractivity contribution in [3.05, 3.63) is 90.0 Å². The molecule has 1 atom stereocenters. The van der Waals surface area contributed by atoms with E-state index in [9.17, 15) is 4.79 Å². The van der Waals surface area contributed by atoms with Gasteiger partial charge in [0.2, 0.25) is 0 Å². The number of methoxy groups -OCH3 is 1. The molecule has 0 bridgehead atoms. The lowest BCUT2D eigenvalue weighted by molar-refractivity contribution is 0.0940. The fourth-order valence-electron chi connectivity index (χ4n) is 5.64. The van der Waals surface area contributed by atoms with Crippen molar-refractivity contribution in [2.45, 2.75) is 31.8 Å². The van der Waals surface area contributed by atoms with Crippen LogP contribution in [0.2, 0.25) is 0 Å². The van der Waals surface area contributed by atoms with E-state index in [-0.39, 0.29) is 11.9 Å². The third kappa shape index (κ3) is 5.91. The highest BCUT2D eigenvalue weighted by Crippen LogP contribution is 2.30. The molecule has 6 heteroatoms. The molecule has 2 aliphatic rings. The van der Waals surface area contributed by atoms with Gasteiger partial charge in [-0.2, -0.15) is 0 Å². The molecule has 0 spiro atoms. The Morgan fingerprint density at radius 2 is 1.46 bits per heavy atom. The summed E-state index contributed by atoms with van der Waals surface area (Å²) in [6, 6.07) is 27.1. The van der Waals surface area contributed by atoms with Gasteiger partial charge in [0, 0.05) is 56.6 Å². The van der Waals surface area contributed by atoms with Crippen LogP contribution >= 0.6 is 0 Å². The van der Waals surface area contributed by atoms with Crippen LogP contribution in [0.3, 0.4) is 0 Å². The second-order valence-electron chi connectivity index (χ2n) is 10.1. The molecule has 1 N–H and O–H groups in total. The standard InChI is InChI=1S/C31H38N4O2/c1-24(25-8-4-3-5-9-25)32-31(36)26-12-14-27(15-13-26)33-18-16-28(17-19-33)34-20-22-35(23-21-34)29-10-6-7-11-30(29)37-2/h3-15,24,28H,16-23H2,1-2H3,(H,32,36)/t24-/m0/s1. The van der Waals surface area contributed by atoms with Crippen LogP contribution in [0.15, 0.2) is 78.9 Å². The summed E-state index contributed by atoms with van der Waals surface area (Å²) in [7, 11) is 1.75. The van der Waals surface area contributed by atoms with Crippen LogP contribution in [0.1, 0.15) is 41.7 Å².